The number of likely N-dealkylation sites (tertiary alicyclic amines) is 1. The fraction of sp³-hybridized carbons (Fsp3) is 0.579. The molecule has 25 heavy (non-hydrogen) atoms. The summed E-state index contributed by atoms with van der Waals surface area (Å²) in [6.07, 6.45) is 2.67. The first-order valence-corrected chi connectivity index (χ1v) is 9.88. The van der Waals surface area contributed by atoms with E-state index in [9.17, 15) is 14.0 Å². The number of nitrogens with one attached hydrogen (secondary N) is 1. The van der Waals surface area contributed by atoms with Crippen molar-refractivity contribution in [2.45, 2.75) is 50.5 Å². The van der Waals surface area contributed by atoms with Crippen LogP contribution in [0.15, 0.2) is 29.2 Å². The van der Waals surface area contributed by atoms with Crippen molar-refractivity contribution >= 4 is 23.6 Å². The third kappa shape index (κ3) is 7.06. The van der Waals surface area contributed by atoms with E-state index in [0.717, 1.165) is 30.8 Å². The van der Waals surface area contributed by atoms with E-state index in [1.54, 1.807) is 23.9 Å². The van der Waals surface area contributed by atoms with Crippen molar-refractivity contribution in [3.05, 3.63) is 30.1 Å². The van der Waals surface area contributed by atoms with E-state index in [2.05, 4.69) is 19.2 Å². The molecule has 2 amide bonds. The van der Waals surface area contributed by atoms with E-state index >= 15 is 0 Å². The zero-order valence-electron chi connectivity index (χ0n) is 15.0. The van der Waals surface area contributed by atoms with Crippen molar-refractivity contribution in [2.24, 2.45) is 5.92 Å². The normalized spacial score (nSPS) is 15.4. The number of carbonyl (C=O) groups excluding carboxylic acids is 2. The number of hydrogen-bond acceptors (Lipinski definition) is 3. The van der Waals surface area contributed by atoms with Gasteiger partial charge in [-0.25, -0.2) is 4.39 Å². The van der Waals surface area contributed by atoms with Crippen LogP contribution in [0.5, 0.6) is 0 Å². The second-order valence-corrected chi connectivity index (χ2v) is 8.04. The Hall–Kier alpha value is -1.56. The zero-order chi connectivity index (χ0) is 18.2. The molecule has 1 saturated heterocycles. The minimum Gasteiger partial charge on any atom is -0.353 e. The molecular formula is C19H27FN2O2S. The highest BCUT2D eigenvalue weighted by Crippen LogP contribution is 2.19. The number of amides is 2. The molecule has 0 unspecified atom stereocenters. The Bertz CT molecular complexity index is 569. The number of rotatable bonds is 7. The Balaban J connectivity index is 1.63. The van der Waals surface area contributed by atoms with Gasteiger partial charge in [0, 0.05) is 42.6 Å². The molecule has 138 valence electrons. The van der Waals surface area contributed by atoms with E-state index in [0.29, 0.717) is 24.5 Å². The number of benzene rings is 1. The fourth-order valence-electron chi connectivity index (χ4n) is 2.84. The lowest BCUT2D eigenvalue weighted by Crippen LogP contribution is -2.46. The van der Waals surface area contributed by atoms with Crippen LogP contribution in [-0.2, 0) is 9.59 Å². The molecule has 2 rings (SSSR count). The van der Waals surface area contributed by atoms with E-state index < -0.39 is 0 Å². The lowest BCUT2D eigenvalue weighted by Gasteiger charge is -2.32. The van der Waals surface area contributed by atoms with E-state index in [1.807, 2.05) is 4.90 Å². The molecule has 1 aliphatic rings. The van der Waals surface area contributed by atoms with Gasteiger partial charge >= 0.3 is 0 Å². The molecule has 0 bridgehead atoms. The van der Waals surface area contributed by atoms with Crippen LogP contribution in [0.3, 0.4) is 0 Å². The average Bonchev–Trinajstić information content (AvgIpc) is 2.56. The smallest absolute Gasteiger partial charge is 0.222 e. The highest BCUT2D eigenvalue weighted by Gasteiger charge is 2.23. The van der Waals surface area contributed by atoms with Crippen molar-refractivity contribution in [3.63, 3.8) is 0 Å². The van der Waals surface area contributed by atoms with E-state index in [-0.39, 0.29) is 23.7 Å². The Morgan fingerprint density at radius 3 is 2.48 bits per heavy atom. The van der Waals surface area contributed by atoms with Crippen molar-refractivity contribution in [1.29, 1.82) is 0 Å². The largest absolute Gasteiger partial charge is 0.353 e. The predicted molar refractivity (Wildman–Crippen MR) is 98.9 cm³/mol. The van der Waals surface area contributed by atoms with Gasteiger partial charge in [0.25, 0.3) is 0 Å². The van der Waals surface area contributed by atoms with Crippen molar-refractivity contribution < 1.29 is 14.0 Å². The topological polar surface area (TPSA) is 49.4 Å². The van der Waals surface area contributed by atoms with Gasteiger partial charge < -0.3 is 10.2 Å². The van der Waals surface area contributed by atoms with Crippen LogP contribution in [0.25, 0.3) is 0 Å². The summed E-state index contributed by atoms with van der Waals surface area (Å²) in [5.41, 5.74) is 0. The van der Waals surface area contributed by atoms with Gasteiger partial charge in [-0.05, 0) is 43.0 Å². The van der Waals surface area contributed by atoms with Crippen molar-refractivity contribution in [2.75, 3.05) is 18.8 Å². The summed E-state index contributed by atoms with van der Waals surface area (Å²) in [6.45, 7) is 5.55. The van der Waals surface area contributed by atoms with Crippen LogP contribution in [-0.4, -0.2) is 41.6 Å². The molecule has 0 radical (unpaired) electrons. The molecule has 0 atom stereocenters. The average molecular weight is 367 g/mol. The highest BCUT2D eigenvalue weighted by atomic mass is 32.2. The number of piperidine rings is 1. The Morgan fingerprint density at radius 2 is 1.88 bits per heavy atom. The van der Waals surface area contributed by atoms with Crippen LogP contribution >= 0.6 is 11.8 Å². The van der Waals surface area contributed by atoms with Crippen LogP contribution in [0.1, 0.15) is 39.5 Å². The van der Waals surface area contributed by atoms with Crippen molar-refractivity contribution in [1.82, 2.24) is 10.2 Å². The summed E-state index contributed by atoms with van der Waals surface area (Å²) in [7, 11) is 0. The first kappa shape index (κ1) is 19.8. The Labute approximate surface area is 153 Å². The van der Waals surface area contributed by atoms with Gasteiger partial charge in [-0.15, -0.1) is 11.8 Å². The number of nitrogens with zero attached hydrogens (tertiary/aromatic N) is 1. The zero-order valence-corrected chi connectivity index (χ0v) is 15.8. The molecule has 0 aromatic heterocycles. The number of carbonyl (C=O) groups is 2. The predicted octanol–water partition coefficient (Wildman–Crippen LogP) is 3.46. The van der Waals surface area contributed by atoms with Crippen molar-refractivity contribution in [3.8, 4) is 0 Å². The molecular weight excluding hydrogens is 339 g/mol. The Morgan fingerprint density at radius 1 is 1.24 bits per heavy atom. The van der Waals surface area contributed by atoms with Gasteiger partial charge in [0.1, 0.15) is 5.82 Å². The first-order chi connectivity index (χ1) is 11.9. The fourth-order valence-corrected chi connectivity index (χ4v) is 3.70. The third-order valence-electron chi connectivity index (χ3n) is 4.21. The van der Waals surface area contributed by atoms with Crippen LogP contribution in [0.4, 0.5) is 4.39 Å². The standard InChI is InChI=1S/C19H27FN2O2S/c1-14(2)13-19(24)22-10-7-16(8-11-22)21-18(23)9-12-25-17-5-3-15(20)4-6-17/h3-6,14,16H,7-13H2,1-2H3,(H,21,23). The summed E-state index contributed by atoms with van der Waals surface area (Å²) in [6, 6.07) is 6.46. The summed E-state index contributed by atoms with van der Waals surface area (Å²) in [4.78, 5) is 27.0. The lowest BCUT2D eigenvalue weighted by molar-refractivity contribution is -0.133. The number of thioether (sulfide) groups is 1. The summed E-state index contributed by atoms with van der Waals surface area (Å²) in [5, 5.41) is 3.06. The van der Waals surface area contributed by atoms with Gasteiger partial charge in [0.05, 0.1) is 0 Å². The molecule has 0 spiro atoms. The van der Waals surface area contributed by atoms with Crippen LogP contribution < -0.4 is 5.32 Å². The Kier molecular flexibility index (Phi) is 7.75. The minimum atomic E-state index is -0.250. The van der Waals surface area contributed by atoms with Crippen LogP contribution in [0, 0.1) is 11.7 Å². The van der Waals surface area contributed by atoms with Gasteiger partial charge in [-0.2, -0.15) is 0 Å². The highest BCUT2D eigenvalue weighted by molar-refractivity contribution is 7.99. The molecule has 0 saturated carbocycles. The van der Waals surface area contributed by atoms with Gasteiger partial charge in [0.2, 0.25) is 11.8 Å². The van der Waals surface area contributed by atoms with E-state index in [4.69, 9.17) is 0 Å². The maximum Gasteiger partial charge on any atom is 0.222 e. The minimum absolute atomic E-state index is 0.0431. The van der Waals surface area contributed by atoms with E-state index in [1.165, 1.54) is 12.1 Å². The molecule has 4 nitrogen and oxygen atoms in total. The molecule has 1 heterocycles. The molecule has 0 aliphatic carbocycles. The maximum atomic E-state index is 12.8. The van der Waals surface area contributed by atoms with Gasteiger partial charge in [0.15, 0.2) is 0 Å². The maximum absolute atomic E-state index is 12.8. The molecule has 1 aromatic rings. The summed E-state index contributed by atoms with van der Waals surface area (Å²) in [5.74, 6) is 1.06. The first-order valence-electron chi connectivity index (χ1n) is 8.89. The SMILES string of the molecule is CC(C)CC(=O)N1CCC(NC(=O)CCSc2ccc(F)cc2)CC1. The molecule has 1 aliphatic heterocycles. The van der Waals surface area contributed by atoms with Crippen LogP contribution in [0.2, 0.25) is 0 Å². The summed E-state index contributed by atoms with van der Waals surface area (Å²) >= 11 is 1.55. The van der Waals surface area contributed by atoms with Gasteiger partial charge in [-0.3, -0.25) is 9.59 Å². The number of hydrogen-bond donors (Lipinski definition) is 1. The second-order valence-electron chi connectivity index (χ2n) is 6.87. The second kappa shape index (κ2) is 9.80. The molecule has 6 heteroatoms. The third-order valence-corrected chi connectivity index (χ3v) is 5.22. The molecule has 1 aromatic carbocycles. The lowest BCUT2D eigenvalue weighted by atomic mass is 10.0. The quantitative estimate of drug-likeness (QED) is 0.752. The molecule has 1 N–H and O–H groups in total. The monoisotopic (exact) mass is 366 g/mol. The molecule has 1 fully saturated rings. The van der Waals surface area contributed by atoms with Gasteiger partial charge in [-0.1, -0.05) is 13.8 Å². The number of halogens is 1. The summed E-state index contributed by atoms with van der Waals surface area (Å²) < 4.78 is 12.8.